The molecule has 2 unspecified atom stereocenters. The van der Waals surface area contributed by atoms with E-state index < -0.39 is 11.5 Å². The molecule has 1 fully saturated rings. The highest BCUT2D eigenvalue weighted by Gasteiger charge is 2.42. The Bertz CT molecular complexity index is 277. The maximum atomic E-state index is 11.6. The molecule has 1 aliphatic rings. The second kappa shape index (κ2) is 5.32. The Kier molecular flexibility index (Phi) is 4.33. The Morgan fingerprint density at radius 2 is 2.19 bits per heavy atom. The molecule has 4 nitrogen and oxygen atoms in total. The first-order valence-electron chi connectivity index (χ1n) is 6.04. The van der Waals surface area contributed by atoms with Gasteiger partial charge in [0.2, 0.25) is 5.91 Å². The van der Waals surface area contributed by atoms with Gasteiger partial charge in [-0.2, -0.15) is 0 Å². The third-order valence-corrected chi connectivity index (χ3v) is 3.26. The molecule has 0 radical (unpaired) electrons. The Hall–Kier alpha value is -1.06. The van der Waals surface area contributed by atoms with Gasteiger partial charge < -0.3 is 10.4 Å². The lowest BCUT2D eigenvalue weighted by Gasteiger charge is -2.37. The van der Waals surface area contributed by atoms with Gasteiger partial charge in [0.1, 0.15) is 5.54 Å². The molecule has 1 amide bonds. The molecule has 1 aliphatic carbocycles. The van der Waals surface area contributed by atoms with Gasteiger partial charge in [0.25, 0.3) is 0 Å². The van der Waals surface area contributed by atoms with E-state index in [1.807, 2.05) is 13.8 Å². The van der Waals surface area contributed by atoms with Gasteiger partial charge in [0, 0.05) is 6.42 Å². The number of aliphatic carboxylic acids is 1. The van der Waals surface area contributed by atoms with Crippen molar-refractivity contribution < 1.29 is 14.7 Å². The number of amides is 1. The summed E-state index contributed by atoms with van der Waals surface area (Å²) in [6.07, 6.45) is 4.19. The van der Waals surface area contributed by atoms with E-state index in [1.165, 1.54) is 0 Å². The third-order valence-electron chi connectivity index (χ3n) is 3.26. The van der Waals surface area contributed by atoms with Crippen molar-refractivity contribution in [1.82, 2.24) is 5.32 Å². The highest BCUT2D eigenvalue weighted by atomic mass is 16.4. The Balaban J connectivity index is 2.72. The summed E-state index contributed by atoms with van der Waals surface area (Å²) in [5, 5.41) is 12.0. The fraction of sp³-hybridized carbons (Fsp3) is 0.833. The molecule has 0 aromatic rings. The summed E-state index contributed by atoms with van der Waals surface area (Å²) in [6.45, 7) is 3.96. The van der Waals surface area contributed by atoms with Crippen LogP contribution >= 0.6 is 0 Å². The zero-order valence-electron chi connectivity index (χ0n) is 10.1. The average Bonchev–Trinajstić information content (AvgIpc) is 2.17. The predicted molar refractivity (Wildman–Crippen MR) is 61.0 cm³/mol. The lowest BCUT2D eigenvalue weighted by Crippen LogP contribution is -2.56. The number of carboxylic acids is 1. The Labute approximate surface area is 96.4 Å². The molecular weight excluding hydrogens is 206 g/mol. The van der Waals surface area contributed by atoms with Gasteiger partial charge in [-0.05, 0) is 25.2 Å². The van der Waals surface area contributed by atoms with Crippen LogP contribution in [0.25, 0.3) is 0 Å². The number of rotatable bonds is 4. The molecule has 0 saturated heterocycles. The first-order valence-corrected chi connectivity index (χ1v) is 6.04. The molecular formula is C12H21NO3. The summed E-state index contributed by atoms with van der Waals surface area (Å²) >= 11 is 0. The van der Waals surface area contributed by atoms with Crippen LogP contribution in [0.2, 0.25) is 0 Å². The van der Waals surface area contributed by atoms with E-state index in [4.69, 9.17) is 0 Å². The first-order chi connectivity index (χ1) is 7.50. The lowest BCUT2D eigenvalue weighted by molar-refractivity contribution is -0.150. The van der Waals surface area contributed by atoms with E-state index in [-0.39, 0.29) is 5.91 Å². The SMILES string of the molecule is CCCC(=O)NC1(C(=O)O)CCCC(C)C1. The molecule has 16 heavy (non-hydrogen) atoms. The summed E-state index contributed by atoms with van der Waals surface area (Å²) in [4.78, 5) is 22.9. The second-order valence-electron chi connectivity index (χ2n) is 4.89. The molecule has 0 heterocycles. The van der Waals surface area contributed by atoms with Crippen molar-refractivity contribution >= 4 is 11.9 Å². The molecule has 0 aliphatic heterocycles. The lowest BCUT2D eigenvalue weighted by atomic mass is 9.76. The van der Waals surface area contributed by atoms with E-state index in [9.17, 15) is 14.7 Å². The molecule has 1 rings (SSSR count). The number of nitrogens with one attached hydrogen (secondary N) is 1. The van der Waals surface area contributed by atoms with Crippen LogP contribution < -0.4 is 5.32 Å². The van der Waals surface area contributed by atoms with E-state index in [1.54, 1.807) is 0 Å². The van der Waals surface area contributed by atoms with Gasteiger partial charge in [-0.3, -0.25) is 4.79 Å². The maximum Gasteiger partial charge on any atom is 0.329 e. The van der Waals surface area contributed by atoms with Crippen LogP contribution in [0.5, 0.6) is 0 Å². The minimum absolute atomic E-state index is 0.140. The van der Waals surface area contributed by atoms with Crippen LogP contribution in [-0.4, -0.2) is 22.5 Å². The monoisotopic (exact) mass is 227 g/mol. The third kappa shape index (κ3) is 2.97. The largest absolute Gasteiger partial charge is 0.480 e. The van der Waals surface area contributed by atoms with Crippen LogP contribution in [0.15, 0.2) is 0 Å². The molecule has 0 aromatic carbocycles. The van der Waals surface area contributed by atoms with Crippen molar-refractivity contribution in [3.63, 3.8) is 0 Å². The van der Waals surface area contributed by atoms with E-state index in [2.05, 4.69) is 5.32 Å². The molecule has 0 aromatic heterocycles. The first kappa shape index (κ1) is 13.0. The fourth-order valence-electron chi connectivity index (χ4n) is 2.47. The zero-order valence-corrected chi connectivity index (χ0v) is 10.1. The number of carbonyl (C=O) groups is 2. The maximum absolute atomic E-state index is 11.6. The number of hydrogen-bond donors (Lipinski definition) is 2. The van der Waals surface area contributed by atoms with Crippen molar-refractivity contribution in [2.45, 2.75) is 57.9 Å². The Morgan fingerprint density at radius 3 is 2.69 bits per heavy atom. The minimum Gasteiger partial charge on any atom is -0.480 e. The second-order valence-corrected chi connectivity index (χ2v) is 4.89. The van der Waals surface area contributed by atoms with Gasteiger partial charge in [0.05, 0.1) is 0 Å². The molecule has 1 saturated carbocycles. The summed E-state index contributed by atoms with van der Waals surface area (Å²) in [5.41, 5.74) is -1.01. The van der Waals surface area contributed by atoms with Crippen molar-refractivity contribution in [2.24, 2.45) is 5.92 Å². The highest BCUT2D eigenvalue weighted by molar-refractivity contribution is 5.87. The number of carboxylic acid groups (broad SMARTS) is 1. The van der Waals surface area contributed by atoms with Gasteiger partial charge in [-0.25, -0.2) is 4.79 Å². The van der Waals surface area contributed by atoms with Crippen molar-refractivity contribution in [2.75, 3.05) is 0 Å². The molecule has 2 N–H and O–H groups in total. The van der Waals surface area contributed by atoms with Crippen LogP contribution in [0, 0.1) is 5.92 Å². The predicted octanol–water partition coefficient (Wildman–Crippen LogP) is 1.94. The molecule has 0 bridgehead atoms. The summed E-state index contributed by atoms with van der Waals surface area (Å²) in [7, 11) is 0. The van der Waals surface area contributed by atoms with E-state index in [0.717, 1.165) is 19.3 Å². The smallest absolute Gasteiger partial charge is 0.329 e. The molecule has 2 atom stereocenters. The summed E-state index contributed by atoms with van der Waals surface area (Å²) < 4.78 is 0. The van der Waals surface area contributed by atoms with Gasteiger partial charge >= 0.3 is 5.97 Å². The Morgan fingerprint density at radius 1 is 1.50 bits per heavy atom. The summed E-state index contributed by atoms with van der Waals surface area (Å²) in [5.74, 6) is -0.658. The zero-order chi connectivity index (χ0) is 12.2. The van der Waals surface area contributed by atoms with Crippen molar-refractivity contribution in [3.05, 3.63) is 0 Å². The fourth-order valence-corrected chi connectivity index (χ4v) is 2.47. The van der Waals surface area contributed by atoms with Crippen molar-refractivity contribution in [3.8, 4) is 0 Å². The van der Waals surface area contributed by atoms with Gasteiger partial charge in [-0.15, -0.1) is 0 Å². The van der Waals surface area contributed by atoms with E-state index in [0.29, 0.717) is 25.2 Å². The van der Waals surface area contributed by atoms with Crippen LogP contribution in [0.4, 0.5) is 0 Å². The van der Waals surface area contributed by atoms with Crippen LogP contribution in [0.3, 0.4) is 0 Å². The summed E-state index contributed by atoms with van der Waals surface area (Å²) in [6, 6.07) is 0. The normalized spacial score (nSPS) is 29.8. The standard InChI is InChI=1S/C12H21NO3/c1-3-5-10(14)13-12(11(15)16)7-4-6-9(2)8-12/h9H,3-8H2,1-2H3,(H,13,14)(H,15,16). The van der Waals surface area contributed by atoms with Crippen molar-refractivity contribution in [1.29, 1.82) is 0 Å². The highest BCUT2D eigenvalue weighted by Crippen LogP contribution is 2.32. The van der Waals surface area contributed by atoms with E-state index >= 15 is 0 Å². The minimum atomic E-state index is -1.01. The number of carbonyl (C=O) groups excluding carboxylic acids is 1. The topological polar surface area (TPSA) is 66.4 Å². The number of hydrogen-bond acceptors (Lipinski definition) is 2. The van der Waals surface area contributed by atoms with Crippen LogP contribution in [-0.2, 0) is 9.59 Å². The van der Waals surface area contributed by atoms with Gasteiger partial charge in [-0.1, -0.05) is 26.7 Å². The van der Waals surface area contributed by atoms with Gasteiger partial charge in [0.15, 0.2) is 0 Å². The molecule has 0 spiro atoms. The quantitative estimate of drug-likeness (QED) is 0.771. The average molecular weight is 227 g/mol. The molecule has 4 heteroatoms. The van der Waals surface area contributed by atoms with Crippen LogP contribution in [0.1, 0.15) is 52.4 Å². The molecule has 92 valence electrons.